The second-order valence-corrected chi connectivity index (χ2v) is 7.54. The number of carbonyl (C=O) groups is 1. The van der Waals surface area contributed by atoms with Gasteiger partial charge in [0, 0.05) is 23.6 Å². The molecule has 138 valence electrons. The highest BCUT2D eigenvalue weighted by Gasteiger charge is 2.46. The number of nitrogens with one attached hydrogen (secondary N) is 1. The zero-order chi connectivity index (χ0) is 18.9. The van der Waals surface area contributed by atoms with Gasteiger partial charge in [-0.05, 0) is 31.0 Å². The monoisotopic (exact) mass is 357 g/mol. The van der Waals surface area contributed by atoms with Crippen LogP contribution in [0.15, 0.2) is 30.6 Å². The molecule has 0 spiro atoms. The van der Waals surface area contributed by atoms with E-state index in [1.807, 2.05) is 32.2 Å². The van der Waals surface area contributed by atoms with Crippen LogP contribution in [0.3, 0.4) is 0 Å². The van der Waals surface area contributed by atoms with Crippen LogP contribution in [0.4, 0.5) is 14.9 Å². The van der Waals surface area contributed by atoms with Crippen molar-refractivity contribution in [1.29, 1.82) is 0 Å². The smallest absolute Gasteiger partial charge is 0.275 e. The van der Waals surface area contributed by atoms with Crippen molar-refractivity contribution in [2.45, 2.75) is 39.7 Å². The topological polar surface area (TPSA) is 54.9 Å². The van der Waals surface area contributed by atoms with Crippen LogP contribution in [0.5, 0.6) is 0 Å². The third-order valence-corrected chi connectivity index (χ3v) is 5.46. The molecule has 1 aliphatic rings. The van der Waals surface area contributed by atoms with Crippen molar-refractivity contribution in [3.05, 3.63) is 42.0 Å². The van der Waals surface area contributed by atoms with E-state index in [-0.39, 0.29) is 6.03 Å². The molecule has 2 amide bonds. The van der Waals surface area contributed by atoms with E-state index >= 15 is 0 Å². The molecule has 1 N–H and O–H groups in total. The van der Waals surface area contributed by atoms with Gasteiger partial charge in [-0.25, -0.2) is 23.6 Å². The number of quaternary nitrogens is 1. The zero-order valence-electron chi connectivity index (χ0n) is 15.8. The minimum Gasteiger partial charge on any atom is -0.275 e. The molecule has 1 fully saturated rings. The minimum absolute atomic E-state index is 0.0102. The van der Waals surface area contributed by atoms with Gasteiger partial charge in [-0.3, -0.25) is 5.32 Å². The lowest BCUT2D eigenvalue weighted by Gasteiger charge is -2.32. The molecule has 26 heavy (non-hydrogen) atoms. The van der Waals surface area contributed by atoms with Gasteiger partial charge in [0.15, 0.2) is 11.6 Å². The summed E-state index contributed by atoms with van der Waals surface area (Å²) in [6.45, 7) is 7.14. The number of amides is 2. The first kappa shape index (κ1) is 18.5. The molecule has 0 bridgehead atoms. The largest absolute Gasteiger partial charge is 0.421 e. The summed E-state index contributed by atoms with van der Waals surface area (Å²) < 4.78 is 13.5. The molecule has 0 radical (unpaired) electrons. The highest BCUT2D eigenvalue weighted by atomic mass is 19.1. The molecule has 1 aromatic carbocycles. The van der Waals surface area contributed by atoms with Crippen molar-refractivity contribution in [3.63, 3.8) is 0 Å². The van der Waals surface area contributed by atoms with Crippen molar-refractivity contribution in [3.8, 4) is 11.4 Å². The molecule has 2 aromatic rings. The summed E-state index contributed by atoms with van der Waals surface area (Å²) in [7, 11) is 2.02. The summed E-state index contributed by atoms with van der Waals surface area (Å²) in [5.41, 5.74) is 2.46. The quantitative estimate of drug-likeness (QED) is 0.829. The van der Waals surface area contributed by atoms with Gasteiger partial charge in [-0.15, -0.1) is 0 Å². The molecule has 0 saturated carbocycles. The van der Waals surface area contributed by atoms with Crippen molar-refractivity contribution in [2.75, 3.05) is 18.9 Å². The van der Waals surface area contributed by atoms with Crippen molar-refractivity contribution in [2.24, 2.45) is 5.92 Å². The van der Waals surface area contributed by atoms with Crippen molar-refractivity contribution >= 4 is 11.7 Å². The van der Waals surface area contributed by atoms with Gasteiger partial charge >= 0.3 is 6.03 Å². The van der Waals surface area contributed by atoms with Gasteiger partial charge in [-0.2, -0.15) is 0 Å². The van der Waals surface area contributed by atoms with E-state index in [1.54, 1.807) is 0 Å². The second kappa shape index (κ2) is 7.11. The van der Waals surface area contributed by atoms with Crippen LogP contribution in [0.25, 0.3) is 11.4 Å². The Kier molecular flexibility index (Phi) is 5.05. The number of halogens is 1. The highest BCUT2D eigenvalue weighted by Crippen LogP contribution is 2.32. The van der Waals surface area contributed by atoms with E-state index in [1.165, 1.54) is 0 Å². The number of anilines is 1. The van der Waals surface area contributed by atoms with Gasteiger partial charge in [0.2, 0.25) is 0 Å². The van der Waals surface area contributed by atoms with E-state index in [0.29, 0.717) is 28.0 Å². The molecular formula is C20H26FN4O+. The van der Waals surface area contributed by atoms with Crippen LogP contribution >= 0.6 is 0 Å². The summed E-state index contributed by atoms with van der Waals surface area (Å²) in [6.07, 6.45) is 4.35. The standard InChI is InChI=1S/C20H25FN4O/c1-5-17-8-13(2)12-25(17,4)20(26)24-16-7-6-14(3)18(9-16)19-22-10-15(21)11-23-19/h6-7,9-11,13,17H,5,8,12H2,1-4H3/p+1/t13-,17+,25?/m1/s1. The Balaban J connectivity index is 1.85. The van der Waals surface area contributed by atoms with Crippen molar-refractivity contribution in [1.82, 2.24) is 9.97 Å². The molecule has 1 unspecified atom stereocenters. The molecule has 3 atom stereocenters. The maximum atomic E-state index is 13.1. The van der Waals surface area contributed by atoms with Crippen LogP contribution in [0, 0.1) is 18.7 Å². The lowest BCUT2D eigenvalue weighted by molar-refractivity contribution is -0.841. The Hall–Kier alpha value is -2.34. The number of urea groups is 1. The van der Waals surface area contributed by atoms with Crippen LogP contribution in [-0.2, 0) is 0 Å². The lowest BCUT2D eigenvalue weighted by atomic mass is 10.1. The normalized spacial score (nSPS) is 25.3. The summed E-state index contributed by atoms with van der Waals surface area (Å²) in [5.74, 6) is 0.514. The van der Waals surface area contributed by atoms with Crippen LogP contribution in [0.2, 0.25) is 0 Å². The number of nitrogens with zero attached hydrogens (tertiary/aromatic N) is 3. The summed E-state index contributed by atoms with van der Waals surface area (Å²) in [4.78, 5) is 21.1. The second-order valence-electron chi connectivity index (χ2n) is 7.54. The predicted molar refractivity (Wildman–Crippen MR) is 100 cm³/mol. The maximum Gasteiger partial charge on any atom is 0.421 e. The fourth-order valence-electron chi connectivity index (χ4n) is 4.03. The Morgan fingerprint density at radius 2 is 2.04 bits per heavy atom. The zero-order valence-corrected chi connectivity index (χ0v) is 15.8. The first-order valence-electron chi connectivity index (χ1n) is 9.08. The summed E-state index contributed by atoms with van der Waals surface area (Å²) in [5, 5.41) is 3.06. The minimum atomic E-state index is -0.470. The molecule has 0 aliphatic carbocycles. The van der Waals surface area contributed by atoms with Crippen LogP contribution in [-0.4, -0.2) is 40.1 Å². The summed E-state index contributed by atoms with van der Waals surface area (Å²) >= 11 is 0. The molecule has 2 heterocycles. The van der Waals surface area contributed by atoms with Crippen molar-refractivity contribution < 1.29 is 13.7 Å². The van der Waals surface area contributed by atoms with Gasteiger partial charge in [0.05, 0.1) is 32.0 Å². The molecule has 5 nitrogen and oxygen atoms in total. The average molecular weight is 357 g/mol. The Labute approximate surface area is 153 Å². The number of rotatable bonds is 3. The van der Waals surface area contributed by atoms with Crippen LogP contribution < -0.4 is 5.32 Å². The number of benzene rings is 1. The SMILES string of the molecule is CC[C@H]1C[C@@H](C)C[N+]1(C)C(=O)Nc1ccc(C)c(-c2ncc(F)cn2)c1. The third-order valence-electron chi connectivity index (χ3n) is 5.46. The van der Waals surface area contributed by atoms with E-state index in [9.17, 15) is 9.18 Å². The highest BCUT2D eigenvalue weighted by molar-refractivity contribution is 5.85. The van der Waals surface area contributed by atoms with Gasteiger partial charge in [0.25, 0.3) is 0 Å². The van der Waals surface area contributed by atoms with Gasteiger partial charge in [0.1, 0.15) is 0 Å². The molecule has 3 rings (SSSR count). The molecular weight excluding hydrogens is 331 g/mol. The number of carbonyl (C=O) groups excluding carboxylic acids is 1. The average Bonchev–Trinajstić information content (AvgIpc) is 2.92. The first-order valence-corrected chi connectivity index (χ1v) is 9.08. The van der Waals surface area contributed by atoms with E-state index < -0.39 is 5.82 Å². The van der Waals surface area contributed by atoms with E-state index in [0.717, 1.165) is 42.9 Å². The number of aromatic nitrogens is 2. The molecule has 6 heteroatoms. The fraction of sp³-hybridized carbons (Fsp3) is 0.450. The maximum absolute atomic E-state index is 13.1. The molecule has 1 saturated heterocycles. The molecule has 1 aromatic heterocycles. The number of likely N-dealkylation sites (tertiary alicyclic amines) is 1. The van der Waals surface area contributed by atoms with Gasteiger partial charge in [-0.1, -0.05) is 19.9 Å². The summed E-state index contributed by atoms with van der Waals surface area (Å²) in [6, 6.07) is 6.01. The predicted octanol–water partition coefficient (Wildman–Crippen LogP) is 4.39. The fourth-order valence-corrected chi connectivity index (χ4v) is 4.03. The number of hydrogen-bond acceptors (Lipinski definition) is 3. The first-order chi connectivity index (χ1) is 12.3. The lowest BCUT2D eigenvalue weighted by Crippen LogP contribution is -2.54. The van der Waals surface area contributed by atoms with Gasteiger partial charge < -0.3 is 0 Å². The Bertz CT molecular complexity index is 808. The van der Waals surface area contributed by atoms with E-state index in [2.05, 4.69) is 29.1 Å². The Morgan fingerprint density at radius 3 is 2.69 bits per heavy atom. The third kappa shape index (κ3) is 3.46. The van der Waals surface area contributed by atoms with Crippen LogP contribution in [0.1, 0.15) is 32.3 Å². The Morgan fingerprint density at radius 1 is 1.35 bits per heavy atom. The van der Waals surface area contributed by atoms with E-state index in [4.69, 9.17) is 0 Å². The molecule has 1 aliphatic heterocycles. The number of aryl methyl sites for hydroxylation is 1. The number of hydrogen-bond donors (Lipinski definition) is 1.